The Labute approximate surface area is 100 Å². The van der Waals surface area contributed by atoms with Gasteiger partial charge in [0.25, 0.3) is 0 Å². The van der Waals surface area contributed by atoms with E-state index in [9.17, 15) is 9.90 Å². The molecule has 17 heavy (non-hydrogen) atoms. The molecule has 1 N–H and O–H groups in total. The summed E-state index contributed by atoms with van der Waals surface area (Å²) in [5.74, 6) is -0.251. The number of aromatic nitrogens is 1. The lowest BCUT2D eigenvalue weighted by Crippen LogP contribution is -2.34. The van der Waals surface area contributed by atoms with Crippen LogP contribution in [0.1, 0.15) is 30.6 Å². The molecule has 0 saturated heterocycles. The van der Waals surface area contributed by atoms with E-state index in [1.165, 1.54) is 0 Å². The van der Waals surface area contributed by atoms with Gasteiger partial charge in [-0.15, -0.1) is 0 Å². The van der Waals surface area contributed by atoms with E-state index in [1.807, 2.05) is 12.1 Å². The van der Waals surface area contributed by atoms with E-state index in [0.29, 0.717) is 12.0 Å². The number of pyridine rings is 1. The van der Waals surface area contributed by atoms with Crippen molar-refractivity contribution in [2.24, 2.45) is 0 Å². The molecule has 1 aromatic carbocycles. The van der Waals surface area contributed by atoms with Gasteiger partial charge in [0.15, 0.2) is 5.78 Å². The van der Waals surface area contributed by atoms with Crippen LogP contribution in [0, 0.1) is 0 Å². The second-order valence-corrected chi connectivity index (χ2v) is 4.33. The molecule has 0 bridgehead atoms. The van der Waals surface area contributed by atoms with Gasteiger partial charge < -0.3 is 5.11 Å². The molecule has 1 heterocycles. The lowest BCUT2D eigenvalue weighted by Gasteiger charge is -2.20. The fourth-order valence-corrected chi connectivity index (χ4v) is 1.75. The van der Waals surface area contributed by atoms with E-state index < -0.39 is 5.60 Å². The Morgan fingerprint density at radius 1 is 1.35 bits per heavy atom. The van der Waals surface area contributed by atoms with Crippen molar-refractivity contribution in [1.82, 2.24) is 4.98 Å². The number of aliphatic hydroxyl groups is 1. The van der Waals surface area contributed by atoms with Crippen LogP contribution in [-0.4, -0.2) is 21.5 Å². The average Bonchev–Trinajstić information content (AvgIpc) is 2.37. The SMILES string of the molecule is CCC(C)(O)C(=O)c1cccc2ncccc12. The number of Topliss-reactive ketones (excluding diaryl/α,β-unsaturated/α-hetero) is 1. The predicted octanol–water partition coefficient (Wildman–Crippen LogP) is 2.58. The summed E-state index contributed by atoms with van der Waals surface area (Å²) in [6.45, 7) is 3.34. The maximum atomic E-state index is 12.2. The first-order valence-electron chi connectivity index (χ1n) is 5.67. The quantitative estimate of drug-likeness (QED) is 0.823. The molecule has 3 heteroatoms. The minimum absolute atomic E-state index is 0.251. The minimum atomic E-state index is -1.32. The van der Waals surface area contributed by atoms with E-state index in [1.54, 1.807) is 38.2 Å². The van der Waals surface area contributed by atoms with Crippen molar-refractivity contribution < 1.29 is 9.90 Å². The topological polar surface area (TPSA) is 50.2 Å². The third-order valence-corrected chi connectivity index (χ3v) is 3.07. The number of hydrogen-bond acceptors (Lipinski definition) is 3. The molecule has 0 aliphatic carbocycles. The number of nitrogens with zero attached hydrogens (tertiary/aromatic N) is 1. The highest BCUT2D eigenvalue weighted by atomic mass is 16.3. The van der Waals surface area contributed by atoms with Crippen LogP contribution in [0.5, 0.6) is 0 Å². The Morgan fingerprint density at radius 3 is 2.82 bits per heavy atom. The molecular formula is C14H15NO2. The summed E-state index contributed by atoms with van der Waals surface area (Å²) in [5.41, 5.74) is -0.0166. The normalized spacial score (nSPS) is 14.5. The molecule has 0 amide bonds. The highest BCUT2D eigenvalue weighted by Crippen LogP contribution is 2.23. The summed E-state index contributed by atoms with van der Waals surface area (Å²) in [4.78, 5) is 16.4. The number of rotatable bonds is 3. The van der Waals surface area contributed by atoms with Gasteiger partial charge in [0.2, 0.25) is 0 Å². The van der Waals surface area contributed by atoms with Gasteiger partial charge in [0.1, 0.15) is 5.60 Å². The van der Waals surface area contributed by atoms with Crippen LogP contribution in [0.3, 0.4) is 0 Å². The Balaban J connectivity index is 2.60. The van der Waals surface area contributed by atoms with Gasteiger partial charge in [-0.05, 0) is 25.5 Å². The smallest absolute Gasteiger partial charge is 0.194 e. The summed E-state index contributed by atoms with van der Waals surface area (Å²) in [5, 5.41) is 10.8. The maximum Gasteiger partial charge on any atom is 0.194 e. The molecule has 1 unspecified atom stereocenters. The molecule has 0 aliphatic heterocycles. The molecule has 0 fully saturated rings. The fraction of sp³-hybridized carbons (Fsp3) is 0.286. The predicted molar refractivity (Wildman–Crippen MR) is 67.0 cm³/mol. The Kier molecular flexibility index (Phi) is 2.94. The highest BCUT2D eigenvalue weighted by Gasteiger charge is 2.29. The summed E-state index contributed by atoms with van der Waals surface area (Å²) in [6, 6.07) is 9.01. The van der Waals surface area contributed by atoms with E-state index in [-0.39, 0.29) is 5.78 Å². The van der Waals surface area contributed by atoms with Crippen LogP contribution in [-0.2, 0) is 0 Å². The van der Waals surface area contributed by atoms with Crippen molar-refractivity contribution >= 4 is 16.7 Å². The summed E-state index contributed by atoms with van der Waals surface area (Å²) in [6.07, 6.45) is 2.08. The van der Waals surface area contributed by atoms with Crippen molar-refractivity contribution in [2.75, 3.05) is 0 Å². The van der Waals surface area contributed by atoms with Gasteiger partial charge in [-0.1, -0.05) is 25.1 Å². The molecule has 0 radical (unpaired) electrons. The zero-order valence-corrected chi connectivity index (χ0v) is 9.97. The molecule has 3 nitrogen and oxygen atoms in total. The summed E-state index contributed by atoms with van der Waals surface area (Å²) < 4.78 is 0. The third-order valence-electron chi connectivity index (χ3n) is 3.07. The number of fused-ring (bicyclic) bond motifs is 1. The molecule has 0 aliphatic rings. The summed E-state index contributed by atoms with van der Waals surface area (Å²) in [7, 11) is 0. The zero-order chi connectivity index (χ0) is 12.5. The van der Waals surface area contributed by atoms with Gasteiger partial charge in [-0.2, -0.15) is 0 Å². The highest BCUT2D eigenvalue weighted by molar-refractivity contribution is 6.11. The van der Waals surface area contributed by atoms with Crippen molar-refractivity contribution in [3.05, 3.63) is 42.1 Å². The Hall–Kier alpha value is -1.74. The van der Waals surface area contributed by atoms with Crippen molar-refractivity contribution in [3.63, 3.8) is 0 Å². The molecule has 2 aromatic rings. The van der Waals surface area contributed by atoms with Crippen LogP contribution < -0.4 is 0 Å². The first kappa shape index (κ1) is 11.7. The van der Waals surface area contributed by atoms with Crippen LogP contribution in [0.15, 0.2) is 36.5 Å². The molecule has 1 aromatic heterocycles. The van der Waals surface area contributed by atoms with Gasteiger partial charge >= 0.3 is 0 Å². The summed E-state index contributed by atoms with van der Waals surface area (Å²) >= 11 is 0. The molecule has 88 valence electrons. The number of ketones is 1. The van der Waals surface area contributed by atoms with E-state index in [2.05, 4.69) is 4.98 Å². The largest absolute Gasteiger partial charge is 0.382 e. The lowest BCUT2D eigenvalue weighted by molar-refractivity contribution is 0.0392. The molecular weight excluding hydrogens is 214 g/mol. The van der Waals surface area contributed by atoms with Crippen LogP contribution in [0.4, 0.5) is 0 Å². The molecule has 1 atom stereocenters. The molecule has 2 rings (SSSR count). The Bertz CT molecular complexity index is 556. The first-order valence-corrected chi connectivity index (χ1v) is 5.67. The molecule has 0 spiro atoms. The Morgan fingerprint density at radius 2 is 2.12 bits per heavy atom. The van der Waals surface area contributed by atoms with Crippen molar-refractivity contribution in [3.8, 4) is 0 Å². The molecule has 0 saturated carbocycles. The second kappa shape index (κ2) is 4.26. The van der Waals surface area contributed by atoms with Crippen LogP contribution >= 0.6 is 0 Å². The number of carbonyl (C=O) groups excluding carboxylic acids is 1. The number of benzene rings is 1. The van der Waals surface area contributed by atoms with Gasteiger partial charge in [0.05, 0.1) is 5.52 Å². The van der Waals surface area contributed by atoms with E-state index in [4.69, 9.17) is 0 Å². The number of hydrogen-bond donors (Lipinski definition) is 1. The van der Waals surface area contributed by atoms with E-state index in [0.717, 1.165) is 10.9 Å². The van der Waals surface area contributed by atoms with Crippen molar-refractivity contribution in [1.29, 1.82) is 0 Å². The fourth-order valence-electron chi connectivity index (χ4n) is 1.75. The van der Waals surface area contributed by atoms with E-state index >= 15 is 0 Å². The zero-order valence-electron chi connectivity index (χ0n) is 9.97. The van der Waals surface area contributed by atoms with Crippen LogP contribution in [0.2, 0.25) is 0 Å². The third kappa shape index (κ3) is 2.06. The monoisotopic (exact) mass is 229 g/mol. The number of carbonyl (C=O) groups is 1. The average molecular weight is 229 g/mol. The van der Waals surface area contributed by atoms with Crippen molar-refractivity contribution in [2.45, 2.75) is 25.9 Å². The standard InChI is InChI=1S/C14H15NO2/c1-3-14(2,17)13(16)11-6-4-8-12-10(11)7-5-9-15-12/h4-9,17H,3H2,1-2H3. The van der Waals surface area contributed by atoms with Crippen LogP contribution in [0.25, 0.3) is 10.9 Å². The van der Waals surface area contributed by atoms with Gasteiger partial charge in [-0.3, -0.25) is 9.78 Å². The minimum Gasteiger partial charge on any atom is -0.382 e. The van der Waals surface area contributed by atoms with Gasteiger partial charge in [0, 0.05) is 17.1 Å². The second-order valence-electron chi connectivity index (χ2n) is 4.33. The first-order chi connectivity index (χ1) is 8.06. The van der Waals surface area contributed by atoms with Gasteiger partial charge in [-0.25, -0.2) is 0 Å². The lowest BCUT2D eigenvalue weighted by atomic mass is 9.90. The maximum absolute atomic E-state index is 12.2.